The Bertz CT molecular complexity index is 406. The fourth-order valence-corrected chi connectivity index (χ4v) is 1.54. The highest BCUT2D eigenvalue weighted by atomic mass is 16.6. The molecule has 20 heavy (non-hydrogen) atoms. The minimum atomic E-state index is -0.519. The highest BCUT2D eigenvalue weighted by Gasteiger charge is 2.10. The fraction of sp³-hybridized carbons (Fsp3) is 0.467. The lowest BCUT2D eigenvalue weighted by Gasteiger charge is -2.06. The van der Waals surface area contributed by atoms with Crippen LogP contribution in [0.25, 0.3) is 0 Å². The van der Waals surface area contributed by atoms with Crippen molar-refractivity contribution in [2.24, 2.45) is 0 Å². The quantitative estimate of drug-likeness (QED) is 0.551. The molecule has 0 aromatic heterocycles. The van der Waals surface area contributed by atoms with Crippen LogP contribution in [0.2, 0.25) is 0 Å². The van der Waals surface area contributed by atoms with Crippen molar-refractivity contribution in [3.63, 3.8) is 0 Å². The topological polar surface area (TPSA) is 64.6 Å². The van der Waals surface area contributed by atoms with Crippen LogP contribution in [-0.2, 0) is 14.3 Å². The van der Waals surface area contributed by atoms with Crippen molar-refractivity contribution in [3.05, 3.63) is 35.9 Å². The molecule has 110 valence electrons. The van der Waals surface area contributed by atoms with Crippen LogP contribution < -0.4 is 5.32 Å². The average Bonchev–Trinajstić information content (AvgIpc) is 2.49. The molecule has 1 N–H and O–H groups in total. The number of rotatable bonds is 9. The standard InChI is InChI=1S/C15H21NO4/c1-2-16-10-6-7-11-19-14(17)12-20-15(18)13-8-4-3-5-9-13/h3-5,8-9,16H,2,6-7,10-12H2,1H3. The summed E-state index contributed by atoms with van der Waals surface area (Å²) in [4.78, 5) is 22.9. The SMILES string of the molecule is CCNCCCCOC(=O)COC(=O)c1ccccc1. The maximum Gasteiger partial charge on any atom is 0.344 e. The number of nitrogens with one attached hydrogen (secondary N) is 1. The maximum absolute atomic E-state index is 11.6. The Kier molecular flexibility index (Phi) is 8.07. The van der Waals surface area contributed by atoms with E-state index in [0.29, 0.717) is 12.2 Å². The first-order valence-corrected chi connectivity index (χ1v) is 6.82. The fourth-order valence-electron chi connectivity index (χ4n) is 1.54. The van der Waals surface area contributed by atoms with Crippen molar-refractivity contribution in [1.29, 1.82) is 0 Å². The third-order valence-corrected chi connectivity index (χ3v) is 2.59. The van der Waals surface area contributed by atoms with E-state index >= 15 is 0 Å². The molecule has 0 atom stereocenters. The minimum Gasteiger partial charge on any atom is -0.463 e. The third kappa shape index (κ3) is 6.89. The summed E-state index contributed by atoms with van der Waals surface area (Å²) in [5, 5.41) is 3.18. The van der Waals surface area contributed by atoms with Gasteiger partial charge in [-0.2, -0.15) is 0 Å². The van der Waals surface area contributed by atoms with Gasteiger partial charge in [-0.3, -0.25) is 0 Å². The second-order valence-corrected chi connectivity index (χ2v) is 4.22. The first-order valence-electron chi connectivity index (χ1n) is 6.82. The Morgan fingerprint density at radius 2 is 1.85 bits per heavy atom. The first-order chi connectivity index (χ1) is 9.74. The van der Waals surface area contributed by atoms with Crippen molar-refractivity contribution in [2.75, 3.05) is 26.3 Å². The van der Waals surface area contributed by atoms with Crippen molar-refractivity contribution in [3.8, 4) is 0 Å². The molecule has 1 aromatic carbocycles. The largest absolute Gasteiger partial charge is 0.463 e. The van der Waals surface area contributed by atoms with E-state index in [1.807, 2.05) is 6.92 Å². The highest BCUT2D eigenvalue weighted by Crippen LogP contribution is 2.01. The molecule has 0 amide bonds. The normalized spacial score (nSPS) is 10.1. The van der Waals surface area contributed by atoms with E-state index in [1.165, 1.54) is 0 Å². The van der Waals surface area contributed by atoms with Gasteiger partial charge >= 0.3 is 11.9 Å². The summed E-state index contributed by atoms with van der Waals surface area (Å²) in [6, 6.07) is 8.54. The van der Waals surface area contributed by atoms with Gasteiger partial charge in [-0.15, -0.1) is 0 Å². The predicted octanol–water partition coefficient (Wildman–Crippen LogP) is 1.78. The van der Waals surface area contributed by atoms with Gasteiger partial charge in [-0.05, 0) is 38.1 Å². The molecule has 1 aromatic rings. The number of ether oxygens (including phenoxy) is 2. The van der Waals surface area contributed by atoms with Crippen molar-refractivity contribution in [1.82, 2.24) is 5.32 Å². The zero-order valence-corrected chi connectivity index (χ0v) is 11.8. The molecule has 5 heteroatoms. The van der Waals surface area contributed by atoms with Gasteiger partial charge in [-0.1, -0.05) is 25.1 Å². The molecule has 0 spiro atoms. The number of hydrogen-bond acceptors (Lipinski definition) is 5. The van der Waals surface area contributed by atoms with Crippen LogP contribution in [0.3, 0.4) is 0 Å². The summed E-state index contributed by atoms with van der Waals surface area (Å²) in [7, 11) is 0. The maximum atomic E-state index is 11.6. The van der Waals surface area contributed by atoms with Crippen molar-refractivity contribution >= 4 is 11.9 Å². The Hall–Kier alpha value is -1.88. The van der Waals surface area contributed by atoms with Gasteiger partial charge in [0.05, 0.1) is 12.2 Å². The van der Waals surface area contributed by atoms with Crippen molar-refractivity contribution < 1.29 is 19.1 Å². The van der Waals surface area contributed by atoms with Crippen LogP contribution >= 0.6 is 0 Å². The number of hydrogen-bond donors (Lipinski definition) is 1. The second-order valence-electron chi connectivity index (χ2n) is 4.22. The van der Waals surface area contributed by atoms with E-state index in [4.69, 9.17) is 9.47 Å². The Morgan fingerprint density at radius 1 is 1.10 bits per heavy atom. The molecule has 0 fully saturated rings. The molecule has 0 radical (unpaired) electrons. The van der Waals surface area contributed by atoms with E-state index in [9.17, 15) is 9.59 Å². The smallest absolute Gasteiger partial charge is 0.344 e. The van der Waals surface area contributed by atoms with Gasteiger partial charge in [-0.25, -0.2) is 9.59 Å². The zero-order valence-electron chi connectivity index (χ0n) is 11.8. The van der Waals surface area contributed by atoms with Gasteiger partial charge in [0.1, 0.15) is 0 Å². The predicted molar refractivity (Wildman–Crippen MR) is 75.5 cm³/mol. The number of benzene rings is 1. The molecular weight excluding hydrogens is 258 g/mol. The molecule has 0 bridgehead atoms. The van der Waals surface area contributed by atoms with Crippen LogP contribution in [0.15, 0.2) is 30.3 Å². The number of carbonyl (C=O) groups is 2. The average molecular weight is 279 g/mol. The van der Waals surface area contributed by atoms with Gasteiger partial charge in [0, 0.05) is 0 Å². The Morgan fingerprint density at radius 3 is 2.55 bits per heavy atom. The lowest BCUT2D eigenvalue weighted by molar-refractivity contribution is -0.147. The molecule has 0 unspecified atom stereocenters. The van der Waals surface area contributed by atoms with E-state index in [0.717, 1.165) is 25.9 Å². The third-order valence-electron chi connectivity index (χ3n) is 2.59. The van der Waals surface area contributed by atoms with Crippen LogP contribution in [0.4, 0.5) is 0 Å². The summed E-state index contributed by atoms with van der Waals surface area (Å²) < 4.78 is 9.82. The van der Waals surface area contributed by atoms with Crippen LogP contribution in [0.1, 0.15) is 30.1 Å². The van der Waals surface area contributed by atoms with E-state index in [2.05, 4.69) is 5.32 Å². The highest BCUT2D eigenvalue weighted by molar-refractivity contribution is 5.90. The summed E-state index contributed by atoms with van der Waals surface area (Å²) in [6.07, 6.45) is 1.75. The summed E-state index contributed by atoms with van der Waals surface area (Å²) in [5.74, 6) is -1.03. The molecule has 0 saturated heterocycles. The number of unbranched alkanes of at least 4 members (excludes halogenated alkanes) is 1. The van der Waals surface area contributed by atoms with E-state index in [1.54, 1.807) is 30.3 Å². The zero-order chi connectivity index (χ0) is 14.6. The van der Waals surface area contributed by atoms with E-state index in [-0.39, 0.29) is 6.61 Å². The lowest BCUT2D eigenvalue weighted by Crippen LogP contribution is -2.18. The second kappa shape index (κ2) is 9.97. The number of esters is 2. The van der Waals surface area contributed by atoms with Gasteiger partial charge in [0.15, 0.2) is 6.61 Å². The molecular formula is C15H21NO4. The lowest BCUT2D eigenvalue weighted by atomic mass is 10.2. The van der Waals surface area contributed by atoms with Gasteiger partial charge in [0.2, 0.25) is 0 Å². The molecule has 0 heterocycles. The molecule has 0 aliphatic carbocycles. The molecule has 1 rings (SSSR count). The summed E-state index contributed by atoms with van der Waals surface area (Å²) in [6.45, 7) is 3.90. The van der Waals surface area contributed by atoms with Crippen LogP contribution in [0.5, 0.6) is 0 Å². The first kappa shape index (κ1) is 16.2. The summed E-state index contributed by atoms with van der Waals surface area (Å²) in [5.41, 5.74) is 0.422. The molecule has 0 aliphatic heterocycles. The number of carbonyl (C=O) groups excluding carboxylic acids is 2. The monoisotopic (exact) mass is 279 g/mol. The van der Waals surface area contributed by atoms with Crippen LogP contribution in [0, 0.1) is 0 Å². The molecule has 0 aliphatic rings. The van der Waals surface area contributed by atoms with Crippen molar-refractivity contribution in [2.45, 2.75) is 19.8 Å². The summed E-state index contributed by atoms with van der Waals surface area (Å²) >= 11 is 0. The van der Waals surface area contributed by atoms with Gasteiger partial charge < -0.3 is 14.8 Å². The minimum absolute atomic E-state index is 0.346. The van der Waals surface area contributed by atoms with Crippen LogP contribution in [-0.4, -0.2) is 38.2 Å². The van der Waals surface area contributed by atoms with E-state index < -0.39 is 11.9 Å². The Balaban J connectivity index is 2.09. The molecule has 0 saturated carbocycles. The Labute approximate surface area is 119 Å². The van der Waals surface area contributed by atoms with Gasteiger partial charge in [0.25, 0.3) is 0 Å². The molecule has 5 nitrogen and oxygen atoms in total.